The number of hydrogen-bond acceptors (Lipinski definition) is 4. The second-order valence-electron chi connectivity index (χ2n) is 9.31. The lowest BCUT2D eigenvalue weighted by atomic mass is 9.98. The number of rotatable bonds is 6. The number of nitrogens with zero attached hydrogens (tertiary/aromatic N) is 1. The Morgan fingerprint density at radius 2 is 1.62 bits per heavy atom. The van der Waals surface area contributed by atoms with Crippen LogP contribution < -0.4 is 5.32 Å². The summed E-state index contributed by atoms with van der Waals surface area (Å²) in [4.78, 5) is 37.5. The average molecular weight is 470 g/mol. The smallest absolute Gasteiger partial charge is 0.407 e. The van der Waals surface area contributed by atoms with Gasteiger partial charge in [-0.1, -0.05) is 48.5 Å². The molecule has 1 heterocycles. The van der Waals surface area contributed by atoms with E-state index >= 15 is 0 Å². The maximum atomic E-state index is 13.8. The van der Waals surface area contributed by atoms with Gasteiger partial charge >= 0.3 is 12.1 Å². The summed E-state index contributed by atoms with van der Waals surface area (Å²) in [5.41, 5.74) is 3.29. The second-order valence-corrected chi connectivity index (χ2v) is 9.31. The molecule has 2 amide bonds. The van der Waals surface area contributed by atoms with Crippen LogP contribution in [0.15, 0.2) is 48.5 Å². The van der Waals surface area contributed by atoms with Gasteiger partial charge in [0.25, 0.3) is 5.92 Å². The van der Waals surface area contributed by atoms with Crippen LogP contribution in [0, 0.1) is 5.41 Å². The largest absolute Gasteiger partial charge is 0.480 e. The van der Waals surface area contributed by atoms with Crippen LogP contribution in [0.3, 0.4) is 0 Å². The minimum absolute atomic E-state index is 0.0864. The molecule has 2 fully saturated rings. The minimum atomic E-state index is -3.24. The van der Waals surface area contributed by atoms with Gasteiger partial charge in [-0.2, -0.15) is 0 Å². The third kappa shape index (κ3) is 3.89. The molecule has 3 aliphatic rings. The zero-order valence-electron chi connectivity index (χ0n) is 18.3. The first-order chi connectivity index (χ1) is 16.2. The van der Waals surface area contributed by atoms with Crippen LogP contribution in [0.2, 0.25) is 0 Å². The number of carboxylic acids is 1. The zero-order valence-corrected chi connectivity index (χ0v) is 18.3. The van der Waals surface area contributed by atoms with Gasteiger partial charge in [-0.15, -0.1) is 0 Å². The molecule has 0 spiro atoms. The van der Waals surface area contributed by atoms with Gasteiger partial charge in [0.2, 0.25) is 5.91 Å². The summed E-state index contributed by atoms with van der Waals surface area (Å²) in [6.07, 6.45) is -0.819. The summed E-state index contributed by atoms with van der Waals surface area (Å²) in [5, 5.41) is 11.8. The average Bonchev–Trinajstić information content (AvgIpc) is 3.44. The number of carbonyl (C=O) groups is 3. The van der Waals surface area contributed by atoms with E-state index in [9.17, 15) is 28.3 Å². The van der Waals surface area contributed by atoms with Crippen molar-refractivity contribution in [2.45, 2.75) is 37.1 Å². The molecule has 2 N–H and O–H groups in total. The molecule has 1 saturated heterocycles. The van der Waals surface area contributed by atoms with Gasteiger partial charge in [0.05, 0.1) is 12.0 Å². The zero-order chi connectivity index (χ0) is 24.1. The molecule has 0 aromatic heterocycles. The van der Waals surface area contributed by atoms with Crippen LogP contribution in [-0.2, 0) is 14.3 Å². The third-order valence-corrected chi connectivity index (χ3v) is 7.04. The number of hydrogen-bond donors (Lipinski definition) is 2. The number of carboxylic acid groups (broad SMARTS) is 1. The fourth-order valence-electron chi connectivity index (χ4n) is 5.06. The first-order valence-corrected chi connectivity index (χ1v) is 11.2. The number of alkyl halides is 2. The van der Waals surface area contributed by atoms with Crippen molar-refractivity contribution >= 4 is 18.0 Å². The first-order valence-electron chi connectivity index (χ1n) is 11.2. The predicted octanol–water partition coefficient (Wildman–Crippen LogP) is 3.63. The lowest BCUT2D eigenvalue weighted by Crippen LogP contribution is -2.47. The van der Waals surface area contributed by atoms with Gasteiger partial charge in [0, 0.05) is 18.9 Å². The van der Waals surface area contributed by atoms with Gasteiger partial charge in [-0.3, -0.25) is 4.79 Å². The van der Waals surface area contributed by atoms with Crippen LogP contribution in [0.25, 0.3) is 11.1 Å². The molecule has 1 atom stereocenters. The molecule has 2 aliphatic carbocycles. The number of halogens is 2. The molecular weight excluding hydrogens is 446 g/mol. The molecule has 0 radical (unpaired) electrons. The van der Waals surface area contributed by atoms with E-state index in [-0.39, 0.29) is 19.1 Å². The number of alkyl carbamates (subject to hydrolysis) is 1. The Kier molecular flexibility index (Phi) is 5.30. The highest BCUT2D eigenvalue weighted by molar-refractivity contribution is 5.90. The number of amides is 2. The highest BCUT2D eigenvalue weighted by Gasteiger charge is 2.58. The van der Waals surface area contributed by atoms with Crippen molar-refractivity contribution < 1.29 is 33.0 Å². The summed E-state index contributed by atoms with van der Waals surface area (Å²) >= 11 is 0. The van der Waals surface area contributed by atoms with Crippen LogP contribution in [-0.4, -0.2) is 59.6 Å². The normalized spacial score (nSPS) is 21.5. The monoisotopic (exact) mass is 470 g/mol. The third-order valence-electron chi connectivity index (χ3n) is 7.04. The van der Waals surface area contributed by atoms with Gasteiger partial charge in [-0.05, 0) is 35.1 Å². The highest BCUT2D eigenvalue weighted by atomic mass is 19.3. The number of carbonyl (C=O) groups excluding carboxylic acids is 2. The molecule has 1 aliphatic heterocycles. The van der Waals surface area contributed by atoms with Crippen molar-refractivity contribution in [1.29, 1.82) is 0 Å². The van der Waals surface area contributed by atoms with E-state index in [4.69, 9.17) is 4.74 Å². The molecule has 34 heavy (non-hydrogen) atoms. The van der Waals surface area contributed by atoms with Crippen molar-refractivity contribution in [3.63, 3.8) is 0 Å². The van der Waals surface area contributed by atoms with Gasteiger partial charge in [0.15, 0.2) is 0 Å². The number of ether oxygens (including phenoxy) is 1. The van der Waals surface area contributed by atoms with Crippen LogP contribution in [0.1, 0.15) is 36.3 Å². The SMILES string of the molecule is O=C(NCC1(C(=O)N2CC(F)(F)C[C@H]2C(=O)O)CC1)OCC1c2ccccc2-c2ccccc21. The van der Waals surface area contributed by atoms with Crippen molar-refractivity contribution in [2.75, 3.05) is 19.7 Å². The number of benzene rings is 2. The van der Waals surface area contributed by atoms with Crippen molar-refractivity contribution in [1.82, 2.24) is 10.2 Å². The number of aliphatic carboxylic acids is 1. The Balaban J connectivity index is 1.20. The lowest BCUT2D eigenvalue weighted by molar-refractivity contribution is -0.150. The summed E-state index contributed by atoms with van der Waals surface area (Å²) in [7, 11) is 0. The fourth-order valence-corrected chi connectivity index (χ4v) is 5.06. The van der Waals surface area contributed by atoms with E-state index in [0.717, 1.165) is 27.2 Å². The van der Waals surface area contributed by atoms with Crippen molar-refractivity contribution in [3.05, 3.63) is 59.7 Å². The van der Waals surface area contributed by atoms with Gasteiger partial charge in [-0.25, -0.2) is 18.4 Å². The van der Waals surface area contributed by atoms with Crippen molar-refractivity contribution in [3.8, 4) is 11.1 Å². The summed E-state index contributed by atoms with van der Waals surface area (Å²) < 4.78 is 33.1. The minimum Gasteiger partial charge on any atom is -0.480 e. The molecule has 2 aromatic rings. The number of fused-ring (bicyclic) bond motifs is 3. The van der Waals surface area contributed by atoms with Crippen LogP contribution in [0.4, 0.5) is 13.6 Å². The molecule has 7 nitrogen and oxygen atoms in total. The van der Waals surface area contributed by atoms with E-state index < -0.39 is 48.3 Å². The predicted molar refractivity (Wildman–Crippen MR) is 117 cm³/mol. The second kappa shape index (κ2) is 8.07. The van der Waals surface area contributed by atoms with Crippen LogP contribution >= 0.6 is 0 Å². The van der Waals surface area contributed by atoms with E-state index in [1.807, 2.05) is 48.5 Å². The van der Waals surface area contributed by atoms with E-state index in [2.05, 4.69) is 5.32 Å². The Hall–Kier alpha value is -3.49. The first kappa shape index (κ1) is 22.3. The molecule has 0 bridgehead atoms. The maximum absolute atomic E-state index is 13.8. The molecular formula is C25H24F2N2O5. The summed E-state index contributed by atoms with van der Waals surface area (Å²) in [6.45, 7) is -0.896. The summed E-state index contributed by atoms with van der Waals surface area (Å²) in [6, 6.07) is 14.3. The van der Waals surface area contributed by atoms with Gasteiger partial charge < -0.3 is 20.1 Å². The molecule has 9 heteroatoms. The summed E-state index contributed by atoms with van der Waals surface area (Å²) in [5.74, 6) is -5.46. The topological polar surface area (TPSA) is 95.9 Å². The lowest BCUT2D eigenvalue weighted by Gasteiger charge is -2.26. The number of likely N-dealkylation sites (tertiary alicyclic amines) is 1. The Labute approximate surface area is 194 Å². The Morgan fingerprint density at radius 3 is 2.18 bits per heavy atom. The molecule has 2 aromatic carbocycles. The van der Waals surface area contributed by atoms with Crippen molar-refractivity contribution in [2.24, 2.45) is 5.41 Å². The molecule has 5 rings (SSSR count). The Bertz CT molecular complexity index is 1120. The fraction of sp³-hybridized carbons (Fsp3) is 0.400. The van der Waals surface area contributed by atoms with E-state index in [0.29, 0.717) is 12.8 Å². The Morgan fingerprint density at radius 1 is 1.03 bits per heavy atom. The number of nitrogens with one attached hydrogen (secondary N) is 1. The van der Waals surface area contributed by atoms with Crippen LogP contribution in [0.5, 0.6) is 0 Å². The highest BCUT2D eigenvalue weighted by Crippen LogP contribution is 2.49. The standard InChI is InChI=1S/C25H24F2N2O5/c26-25(27)11-20(21(30)31)29(14-25)22(32)24(9-10-24)13-28-23(33)34-12-19-17-7-3-1-5-15(17)16-6-2-4-8-18(16)19/h1-8,19-20H,9-14H2,(H,28,33)(H,30,31)/t20-/m0/s1. The van der Waals surface area contributed by atoms with E-state index in [1.54, 1.807) is 0 Å². The molecule has 0 unspecified atom stereocenters. The molecule has 1 saturated carbocycles. The maximum Gasteiger partial charge on any atom is 0.407 e. The quantitative estimate of drug-likeness (QED) is 0.672. The van der Waals surface area contributed by atoms with Gasteiger partial charge in [0.1, 0.15) is 12.6 Å². The van der Waals surface area contributed by atoms with E-state index in [1.165, 1.54) is 0 Å². The molecule has 178 valence electrons.